The number of sulfonamides is 1. The normalized spacial score (nSPS) is 18.3. The van der Waals surface area contributed by atoms with Crippen LogP contribution in [0, 0.1) is 5.92 Å². The van der Waals surface area contributed by atoms with E-state index >= 15 is 0 Å². The molecule has 2 aliphatic rings. The van der Waals surface area contributed by atoms with E-state index in [2.05, 4.69) is 10.6 Å². The smallest absolute Gasteiger partial charge is 0.315 e. The third-order valence-corrected chi connectivity index (χ3v) is 8.37. The number of rotatable bonds is 7. The summed E-state index contributed by atoms with van der Waals surface area (Å²) in [5.41, 5.74) is 2.05. The van der Waals surface area contributed by atoms with Crippen molar-refractivity contribution < 1.29 is 13.2 Å². The first kappa shape index (κ1) is 20.9. The number of carbonyl (C=O) groups is 1. The topological polar surface area (TPSA) is 78.5 Å². The van der Waals surface area contributed by atoms with Gasteiger partial charge in [-0.05, 0) is 42.7 Å². The van der Waals surface area contributed by atoms with Crippen molar-refractivity contribution in [3.63, 3.8) is 0 Å². The second-order valence-corrected chi connectivity index (χ2v) is 10.4. The van der Waals surface area contributed by atoms with Gasteiger partial charge in [0.1, 0.15) is 0 Å². The van der Waals surface area contributed by atoms with Gasteiger partial charge in [0.2, 0.25) is 10.0 Å². The lowest BCUT2D eigenvalue weighted by molar-refractivity contribution is 0.229. The number of nitrogens with one attached hydrogen (secondary N) is 2. The maximum absolute atomic E-state index is 12.6. The molecule has 4 rings (SSSR count). The van der Waals surface area contributed by atoms with Crippen molar-refractivity contribution in [1.29, 1.82) is 0 Å². The van der Waals surface area contributed by atoms with Gasteiger partial charge in [-0.15, -0.1) is 0 Å². The quantitative estimate of drug-likeness (QED) is 0.712. The average Bonchev–Trinajstić information content (AvgIpc) is 3.64. The molecule has 30 heavy (non-hydrogen) atoms. The standard InChI is InChI=1S/C23H29N3O3S/c27-23(24-17-18-13-15-26(16-14-18)30(28,29)21-11-12-21)25-22(19-7-3-1-4-8-19)20-9-5-2-6-10-20/h1-10,18,21-22H,11-17H2,(H2,24,25,27). The van der Waals surface area contributed by atoms with Crippen LogP contribution in [0.1, 0.15) is 42.9 Å². The highest BCUT2D eigenvalue weighted by Crippen LogP contribution is 2.33. The van der Waals surface area contributed by atoms with Crippen LogP contribution in [-0.2, 0) is 10.0 Å². The molecule has 2 aromatic carbocycles. The van der Waals surface area contributed by atoms with Crippen molar-refractivity contribution in [2.75, 3.05) is 19.6 Å². The van der Waals surface area contributed by atoms with Crippen molar-refractivity contribution in [2.24, 2.45) is 5.92 Å². The fourth-order valence-corrected chi connectivity index (χ4v) is 5.89. The SMILES string of the molecule is O=C(NCC1CCN(S(=O)(=O)C2CC2)CC1)NC(c1ccccc1)c1ccccc1. The van der Waals surface area contributed by atoms with Crippen molar-refractivity contribution in [3.8, 4) is 0 Å². The highest BCUT2D eigenvalue weighted by molar-refractivity contribution is 7.90. The van der Waals surface area contributed by atoms with Gasteiger partial charge in [-0.3, -0.25) is 0 Å². The zero-order chi connectivity index (χ0) is 21.0. The Hall–Kier alpha value is -2.38. The molecule has 160 valence electrons. The van der Waals surface area contributed by atoms with Crippen LogP contribution < -0.4 is 10.6 Å². The molecule has 1 aliphatic heterocycles. The molecular weight excluding hydrogens is 398 g/mol. The molecule has 0 radical (unpaired) electrons. The molecule has 2 amide bonds. The number of piperidine rings is 1. The Kier molecular flexibility index (Phi) is 6.39. The van der Waals surface area contributed by atoms with Gasteiger partial charge in [-0.2, -0.15) is 0 Å². The van der Waals surface area contributed by atoms with Gasteiger partial charge in [0, 0.05) is 19.6 Å². The highest BCUT2D eigenvalue weighted by Gasteiger charge is 2.41. The van der Waals surface area contributed by atoms with Crippen molar-refractivity contribution in [2.45, 2.75) is 37.0 Å². The fraction of sp³-hybridized carbons (Fsp3) is 0.435. The molecule has 7 heteroatoms. The summed E-state index contributed by atoms with van der Waals surface area (Å²) in [6.45, 7) is 1.67. The minimum Gasteiger partial charge on any atom is -0.338 e. The molecule has 2 aromatic rings. The molecular formula is C23H29N3O3S. The first-order valence-corrected chi connectivity index (χ1v) is 12.2. The summed E-state index contributed by atoms with van der Waals surface area (Å²) in [5, 5.41) is 5.93. The number of carbonyl (C=O) groups excluding carboxylic acids is 1. The van der Waals surface area contributed by atoms with E-state index in [0.29, 0.717) is 25.6 Å². The summed E-state index contributed by atoms with van der Waals surface area (Å²) in [5.74, 6) is 0.299. The van der Waals surface area contributed by atoms with Crippen molar-refractivity contribution >= 4 is 16.1 Å². The van der Waals surface area contributed by atoms with Crippen LogP contribution in [0.25, 0.3) is 0 Å². The van der Waals surface area contributed by atoms with Gasteiger partial charge >= 0.3 is 6.03 Å². The van der Waals surface area contributed by atoms with Crippen LogP contribution in [0.2, 0.25) is 0 Å². The first-order valence-electron chi connectivity index (χ1n) is 10.7. The third-order valence-electron chi connectivity index (χ3n) is 5.97. The van der Waals surface area contributed by atoms with E-state index in [1.807, 2.05) is 60.7 Å². The molecule has 0 bridgehead atoms. The molecule has 1 heterocycles. The van der Waals surface area contributed by atoms with Crippen LogP contribution in [0.3, 0.4) is 0 Å². The summed E-state index contributed by atoms with van der Waals surface area (Å²) in [7, 11) is -3.09. The van der Waals surface area contributed by atoms with Gasteiger partial charge in [-0.25, -0.2) is 17.5 Å². The number of benzene rings is 2. The number of urea groups is 1. The molecule has 1 saturated carbocycles. The fourth-order valence-electron chi connectivity index (χ4n) is 4.01. The van der Waals surface area contributed by atoms with Crippen LogP contribution in [0.5, 0.6) is 0 Å². The van der Waals surface area contributed by atoms with Crippen molar-refractivity contribution in [1.82, 2.24) is 14.9 Å². The van der Waals surface area contributed by atoms with E-state index in [1.165, 1.54) is 0 Å². The Bertz CT molecular complexity index is 899. The summed E-state index contributed by atoms with van der Waals surface area (Å²) in [4.78, 5) is 12.6. The second kappa shape index (κ2) is 9.18. The van der Waals surface area contributed by atoms with Crippen LogP contribution in [0.15, 0.2) is 60.7 Å². The minimum absolute atomic E-state index is 0.147. The minimum atomic E-state index is -3.09. The lowest BCUT2D eigenvalue weighted by Gasteiger charge is -2.31. The Labute approximate surface area is 178 Å². The molecule has 2 fully saturated rings. The maximum Gasteiger partial charge on any atom is 0.315 e. The largest absolute Gasteiger partial charge is 0.338 e. The van der Waals surface area contributed by atoms with Gasteiger partial charge in [0.25, 0.3) is 0 Å². The Morgan fingerprint density at radius 2 is 1.43 bits per heavy atom. The Morgan fingerprint density at radius 3 is 1.93 bits per heavy atom. The van der Waals surface area contributed by atoms with Gasteiger partial charge in [0.15, 0.2) is 0 Å². The molecule has 0 aromatic heterocycles. The molecule has 1 aliphatic carbocycles. The van der Waals surface area contributed by atoms with Gasteiger partial charge in [0.05, 0.1) is 11.3 Å². The number of amides is 2. The van der Waals surface area contributed by atoms with E-state index < -0.39 is 10.0 Å². The monoisotopic (exact) mass is 427 g/mol. The van der Waals surface area contributed by atoms with Gasteiger partial charge in [-0.1, -0.05) is 60.7 Å². The highest BCUT2D eigenvalue weighted by atomic mass is 32.2. The lowest BCUT2D eigenvalue weighted by atomic mass is 9.98. The van der Waals surface area contributed by atoms with E-state index in [1.54, 1.807) is 4.31 Å². The van der Waals surface area contributed by atoms with Gasteiger partial charge < -0.3 is 10.6 Å². The predicted octanol–water partition coefficient (Wildman–Crippen LogP) is 3.28. The van der Waals surface area contributed by atoms with E-state index in [0.717, 1.165) is 36.8 Å². The van der Waals surface area contributed by atoms with Crippen LogP contribution in [0.4, 0.5) is 4.79 Å². The molecule has 2 N–H and O–H groups in total. The molecule has 1 saturated heterocycles. The molecule has 0 atom stereocenters. The predicted molar refractivity (Wildman–Crippen MR) is 118 cm³/mol. The average molecular weight is 428 g/mol. The third kappa shape index (κ3) is 5.02. The summed E-state index contributed by atoms with van der Waals surface area (Å²) in [6, 6.07) is 19.4. The summed E-state index contributed by atoms with van der Waals surface area (Å²) >= 11 is 0. The molecule has 6 nitrogen and oxygen atoms in total. The first-order chi connectivity index (χ1) is 14.5. The maximum atomic E-state index is 12.6. The Morgan fingerprint density at radius 1 is 0.900 bits per heavy atom. The van der Waals surface area contributed by atoms with Crippen LogP contribution >= 0.6 is 0 Å². The number of hydrogen-bond donors (Lipinski definition) is 2. The molecule has 0 spiro atoms. The Balaban J connectivity index is 1.30. The number of hydrogen-bond acceptors (Lipinski definition) is 3. The summed E-state index contributed by atoms with van der Waals surface area (Å²) < 4.78 is 26.4. The zero-order valence-electron chi connectivity index (χ0n) is 17.0. The second-order valence-electron chi connectivity index (χ2n) is 8.20. The van der Waals surface area contributed by atoms with Crippen LogP contribution in [-0.4, -0.2) is 43.6 Å². The lowest BCUT2D eigenvalue weighted by Crippen LogP contribution is -2.45. The van der Waals surface area contributed by atoms with E-state index in [4.69, 9.17) is 0 Å². The summed E-state index contributed by atoms with van der Waals surface area (Å²) in [6.07, 6.45) is 3.17. The number of nitrogens with zero attached hydrogens (tertiary/aromatic N) is 1. The van der Waals surface area contributed by atoms with Crippen molar-refractivity contribution in [3.05, 3.63) is 71.8 Å². The van der Waals surface area contributed by atoms with E-state index in [9.17, 15) is 13.2 Å². The zero-order valence-corrected chi connectivity index (χ0v) is 17.9. The van der Waals surface area contributed by atoms with E-state index in [-0.39, 0.29) is 17.3 Å². The molecule has 0 unspecified atom stereocenters.